The summed E-state index contributed by atoms with van der Waals surface area (Å²) in [6.07, 6.45) is 8.33. The van der Waals surface area contributed by atoms with Crippen LogP contribution < -0.4 is 21.7 Å². The number of anilines is 3. The maximum atomic E-state index is 15.0. The lowest BCUT2D eigenvalue weighted by molar-refractivity contribution is 0.1000. The van der Waals surface area contributed by atoms with Crippen molar-refractivity contribution in [2.24, 2.45) is 11.7 Å². The Hall–Kier alpha value is -4.22. The highest BCUT2D eigenvalue weighted by Gasteiger charge is 2.33. The van der Waals surface area contributed by atoms with Gasteiger partial charge in [0.2, 0.25) is 0 Å². The molecule has 3 heterocycles. The molecule has 6 N–H and O–H groups in total. The third kappa shape index (κ3) is 5.48. The molecule has 2 amide bonds. The van der Waals surface area contributed by atoms with Gasteiger partial charge >= 0.3 is 6.09 Å². The first-order valence-electron chi connectivity index (χ1n) is 11.2. The van der Waals surface area contributed by atoms with Crippen molar-refractivity contribution in [2.75, 3.05) is 10.6 Å². The van der Waals surface area contributed by atoms with Crippen LogP contribution in [0.4, 0.5) is 26.5 Å². The lowest BCUT2D eigenvalue weighted by atomic mass is 9.77. The van der Waals surface area contributed by atoms with Gasteiger partial charge < -0.3 is 26.8 Å². The molecule has 0 unspecified atom stereocenters. The van der Waals surface area contributed by atoms with Crippen molar-refractivity contribution in [3.63, 3.8) is 0 Å². The van der Waals surface area contributed by atoms with Gasteiger partial charge in [0.25, 0.3) is 5.91 Å². The number of rotatable bonds is 9. The van der Waals surface area contributed by atoms with E-state index in [1.54, 1.807) is 30.1 Å². The first kappa shape index (κ1) is 23.9. The fourth-order valence-electron chi connectivity index (χ4n) is 4.08. The molecule has 3 aromatic heterocycles. The monoisotopic (exact) mass is 482 g/mol. The minimum absolute atomic E-state index is 0.0446. The van der Waals surface area contributed by atoms with Crippen molar-refractivity contribution in [3.05, 3.63) is 53.9 Å². The number of carboxylic acid groups (broad SMARTS) is 1. The summed E-state index contributed by atoms with van der Waals surface area (Å²) in [5, 5.41) is 21.9. The number of nitrogens with two attached hydrogens (primary N) is 1. The Labute approximate surface area is 201 Å². The molecule has 11 nitrogen and oxygen atoms in total. The fraction of sp³-hybridized carbons (Fsp3) is 0.348. The van der Waals surface area contributed by atoms with Crippen LogP contribution in [-0.4, -0.2) is 48.9 Å². The molecule has 0 aliphatic heterocycles. The van der Waals surface area contributed by atoms with Crippen LogP contribution in [0, 0.1) is 18.7 Å². The molecule has 184 valence electrons. The van der Waals surface area contributed by atoms with E-state index in [0.717, 1.165) is 30.9 Å². The molecule has 1 saturated carbocycles. The normalized spacial score (nSPS) is 15.1. The fourth-order valence-corrected chi connectivity index (χ4v) is 4.08. The zero-order valence-electron chi connectivity index (χ0n) is 19.3. The smallest absolute Gasteiger partial charge is 0.404 e. The van der Waals surface area contributed by atoms with Crippen molar-refractivity contribution >= 4 is 29.3 Å². The van der Waals surface area contributed by atoms with Crippen molar-refractivity contribution in [2.45, 2.75) is 45.2 Å². The van der Waals surface area contributed by atoms with Crippen LogP contribution in [-0.2, 0) is 0 Å². The lowest BCUT2D eigenvalue weighted by Gasteiger charge is -2.38. The highest BCUT2D eigenvalue weighted by molar-refractivity contribution is 5.98. The number of halogens is 1. The molecule has 35 heavy (non-hydrogen) atoms. The van der Waals surface area contributed by atoms with Gasteiger partial charge in [-0.1, -0.05) is 6.42 Å². The predicted molar refractivity (Wildman–Crippen MR) is 127 cm³/mol. The van der Waals surface area contributed by atoms with Crippen LogP contribution in [0.5, 0.6) is 0 Å². The molecule has 1 fully saturated rings. The summed E-state index contributed by atoms with van der Waals surface area (Å²) in [7, 11) is 0. The van der Waals surface area contributed by atoms with E-state index in [1.165, 1.54) is 6.20 Å². The highest BCUT2D eigenvalue weighted by Crippen LogP contribution is 2.34. The van der Waals surface area contributed by atoms with Crippen LogP contribution in [0.25, 0.3) is 5.69 Å². The molecule has 0 radical (unpaired) electrons. The van der Waals surface area contributed by atoms with Gasteiger partial charge in [0, 0.05) is 12.2 Å². The number of aromatic nitrogens is 4. The minimum Gasteiger partial charge on any atom is -0.465 e. The summed E-state index contributed by atoms with van der Waals surface area (Å²) in [6.45, 7) is 3.63. The van der Waals surface area contributed by atoms with Gasteiger partial charge in [-0.05, 0) is 50.3 Å². The first-order chi connectivity index (χ1) is 16.7. The van der Waals surface area contributed by atoms with Crippen molar-refractivity contribution < 1.29 is 19.1 Å². The van der Waals surface area contributed by atoms with E-state index < -0.39 is 23.9 Å². The molecule has 0 spiro atoms. The van der Waals surface area contributed by atoms with E-state index in [-0.39, 0.29) is 29.2 Å². The molecule has 12 heteroatoms. The maximum absolute atomic E-state index is 15.0. The number of pyridine rings is 2. The van der Waals surface area contributed by atoms with Gasteiger partial charge in [-0.15, -0.1) is 0 Å². The van der Waals surface area contributed by atoms with Crippen molar-refractivity contribution in [1.29, 1.82) is 0 Å². The molecule has 1 aliphatic carbocycles. The summed E-state index contributed by atoms with van der Waals surface area (Å²) in [5.74, 6) is -1.53. The highest BCUT2D eigenvalue weighted by atomic mass is 19.1. The van der Waals surface area contributed by atoms with Crippen LogP contribution in [0.1, 0.15) is 42.1 Å². The number of nitrogens with zero attached hydrogens (tertiary/aromatic N) is 4. The van der Waals surface area contributed by atoms with E-state index in [0.29, 0.717) is 11.4 Å². The number of nitrogens with one attached hydrogen (secondary N) is 3. The zero-order chi connectivity index (χ0) is 25.1. The molecule has 2 atom stereocenters. The van der Waals surface area contributed by atoms with Gasteiger partial charge in [0.05, 0.1) is 41.6 Å². The molecule has 0 bridgehead atoms. The van der Waals surface area contributed by atoms with Crippen LogP contribution in [0.15, 0.2) is 36.9 Å². The molecule has 0 saturated heterocycles. The Morgan fingerprint density at radius 1 is 1.23 bits per heavy atom. The van der Waals surface area contributed by atoms with Crippen LogP contribution in [0.2, 0.25) is 0 Å². The van der Waals surface area contributed by atoms with Gasteiger partial charge in [-0.25, -0.2) is 18.9 Å². The maximum Gasteiger partial charge on any atom is 0.404 e. The minimum atomic E-state index is -1.16. The predicted octanol–water partition coefficient (Wildman–Crippen LogP) is 3.19. The Morgan fingerprint density at radius 3 is 2.60 bits per heavy atom. The number of carbonyl (C=O) groups is 2. The van der Waals surface area contributed by atoms with Gasteiger partial charge in [0.1, 0.15) is 5.82 Å². The van der Waals surface area contributed by atoms with Crippen molar-refractivity contribution in [1.82, 2.24) is 25.1 Å². The standard InChI is InChI=1S/C23H27FN8O3/c1-12-8-27-32(11-12)16-6-15(9-26-10-16)29-21-17(20(25)33)7-18(24)22(31-21)30-19(14-4-3-5-14)13(2)28-23(34)35/h6-11,13-14,19,28H,3-5H2,1-2H3,(H2,25,33)(H,34,35)(H2,29,30,31)/t13-,19-/m0/s1. The number of carbonyl (C=O) groups excluding carboxylic acids is 1. The van der Waals surface area contributed by atoms with E-state index in [2.05, 4.69) is 31.0 Å². The second-order valence-corrected chi connectivity index (χ2v) is 8.70. The molecule has 3 aromatic rings. The lowest BCUT2D eigenvalue weighted by Crippen LogP contribution is -2.50. The number of hydrogen-bond acceptors (Lipinski definition) is 7. The molecular weight excluding hydrogens is 455 g/mol. The number of primary amides is 1. The largest absolute Gasteiger partial charge is 0.465 e. The average molecular weight is 483 g/mol. The van der Waals surface area contributed by atoms with E-state index in [9.17, 15) is 14.0 Å². The van der Waals surface area contributed by atoms with E-state index in [4.69, 9.17) is 10.8 Å². The second kappa shape index (κ2) is 9.95. The van der Waals surface area contributed by atoms with Crippen LogP contribution in [0.3, 0.4) is 0 Å². The second-order valence-electron chi connectivity index (χ2n) is 8.70. The molecule has 1 aliphatic rings. The average Bonchev–Trinajstić information content (AvgIpc) is 3.20. The Kier molecular flexibility index (Phi) is 6.80. The molecule has 4 rings (SSSR count). The van der Waals surface area contributed by atoms with E-state index >= 15 is 0 Å². The first-order valence-corrected chi connectivity index (χ1v) is 11.2. The Morgan fingerprint density at radius 2 is 2.00 bits per heavy atom. The summed E-state index contributed by atoms with van der Waals surface area (Å²) in [6, 6.07) is 1.88. The Balaban J connectivity index is 1.64. The van der Waals surface area contributed by atoms with Crippen LogP contribution >= 0.6 is 0 Å². The summed E-state index contributed by atoms with van der Waals surface area (Å²) >= 11 is 0. The zero-order valence-corrected chi connectivity index (χ0v) is 19.3. The van der Waals surface area contributed by atoms with E-state index in [1.807, 2.05) is 13.1 Å². The van der Waals surface area contributed by atoms with Crippen molar-refractivity contribution in [3.8, 4) is 5.69 Å². The third-order valence-corrected chi connectivity index (χ3v) is 6.06. The molecule has 0 aromatic carbocycles. The number of aryl methyl sites for hydroxylation is 1. The number of hydrogen-bond donors (Lipinski definition) is 5. The van der Waals surface area contributed by atoms with Gasteiger partial charge in [0.15, 0.2) is 11.6 Å². The summed E-state index contributed by atoms with van der Waals surface area (Å²) in [5.41, 5.74) is 7.48. The van der Waals surface area contributed by atoms with Gasteiger partial charge in [-0.2, -0.15) is 5.10 Å². The topological polar surface area (TPSA) is 160 Å². The Bertz CT molecular complexity index is 1240. The van der Waals surface area contributed by atoms with Gasteiger partial charge in [-0.3, -0.25) is 9.78 Å². The summed E-state index contributed by atoms with van der Waals surface area (Å²) < 4.78 is 16.6. The third-order valence-electron chi connectivity index (χ3n) is 6.06. The number of amides is 2. The summed E-state index contributed by atoms with van der Waals surface area (Å²) in [4.78, 5) is 31.7. The quantitative estimate of drug-likeness (QED) is 0.311. The molecular formula is C23H27FN8O3. The SMILES string of the molecule is Cc1cnn(-c2cncc(Nc3nc(N[C@H](C4CCC4)[C@H](C)NC(=O)O)c(F)cc3C(N)=O)c2)c1.